The van der Waals surface area contributed by atoms with Gasteiger partial charge in [0.05, 0.1) is 5.75 Å². The Balaban J connectivity index is 2.75. The Labute approximate surface area is 103 Å². The molecule has 1 rings (SSSR count). The molecule has 18 heavy (non-hydrogen) atoms. The van der Waals surface area contributed by atoms with Crippen molar-refractivity contribution in [2.75, 3.05) is 24.7 Å². The van der Waals surface area contributed by atoms with Gasteiger partial charge < -0.3 is 10.4 Å². The van der Waals surface area contributed by atoms with Crippen molar-refractivity contribution in [3.8, 4) is 0 Å². The second-order valence-electron chi connectivity index (χ2n) is 3.28. The molecule has 0 aliphatic heterocycles. The van der Waals surface area contributed by atoms with Crippen LogP contribution in [0.25, 0.3) is 0 Å². The van der Waals surface area contributed by atoms with Crippen LogP contribution in [0.2, 0.25) is 0 Å². The minimum absolute atomic E-state index is 0.0871. The molecule has 0 fully saturated rings. The molecule has 1 heterocycles. The first-order valence-electron chi connectivity index (χ1n) is 4.90. The van der Waals surface area contributed by atoms with E-state index in [4.69, 9.17) is 5.11 Å². The molecule has 0 bridgehead atoms. The number of hydrogen-bond acceptors (Lipinski definition) is 5. The number of aromatic nitrogens is 1. The predicted molar refractivity (Wildman–Crippen MR) is 62.5 cm³/mol. The molecule has 0 aliphatic rings. The molecule has 3 N–H and O–H groups in total. The summed E-state index contributed by atoms with van der Waals surface area (Å²) in [6.45, 7) is -0.0871. The van der Waals surface area contributed by atoms with Crippen LogP contribution < -0.4 is 10.0 Å². The number of carbonyl (C=O) groups is 1. The number of rotatable bonds is 6. The van der Waals surface area contributed by atoms with E-state index in [1.807, 2.05) is 0 Å². The zero-order valence-corrected chi connectivity index (χ0v) is 10.3. The van der Waals surface area contributed by atoms with Crippen molar-refractivity contribution in [3.05, 3.63) is 23.6 Å². The third-order valence-corrected chi connectivity index (χ3v) is 3.46. The Hall–Kier alpha value is -1.74. The molecule has 0 saturated carbocycles. The van der Waals surface area contributed by atoms with Gasteiger partial charge >= 0.3 is 5.97 Å². The first-order chi connectivity index (χ1) is 8.37. The largest absolute Gasteiger partial charge is 0.478 e. The second kappa shape index (κ2) is 5.74. The third kappa shape index (κ3) is 3.64. The van der Waals surface area contributed by atoms with Crippen LogP contribution in [-0.4, -0.2) is 43.8 Å². The van der Waals surface area contributed by atoms with Gasteiger partial charge in [-0.15, -0.1) is 0 Å². The van der Waals surface area contributed by atoms with Crippen molar-refractivity contribution >= 4 is 21.8 Å². The van der Waals surface area contributed by atoms with Gasteiger partial charge in [0.2, 0.25) is 10.0 Å². The van der Waals surface area contributed by atoms with Crippen LogP contribution in [0, 0.1) is 5.82 Å². The monoisotopic (exact) mass is 277 g/mol. The van der Waals surface area contributed by atoms with Crippen LogP contribution in [0.5, 0.6) is 0 Å². The van der Waals surface area contributed by atoms with Crippen LogP contribution in [-0.2, 0) is 10.0 Å². The maximum absolute atomic E-state index is 13.6. The van der Waals surface area contributed by atoms with Gasteiger partial charge in [0, 0.05) is 12.7 Å². The van der Waals surface area contributed by atoms with Crippen LogP contribution >= 0.6 is 0 Å². The van der Waals surface area contributed by atoms with Crippen LogP contribution in [0.3, 0.4) is 0 Å². The van der Waals surface area contributed by atoms with Crippen molar-refractivity contribution in [3.63, 3.8) is 0 Å². The highest BCUT2D eigenvalue weighted by molar-refractivity contribution is 7.89. The SMILES string of the molecule is CNS(=O)(=O)CCNc1nccc(C(=O)O)c1F. The van der Waals surface area contributed by atoms with Crippen molar-refractivity contribution < 1.29 is 22.7 Å². The van der Waals surface area contributed by atoms with E-state index in [1.165, 1.54) is 7.05 Å². The molecule has 1 aromatic heterocycles. The fourth-order valence-electron chi connectivity index (χ4n) is 1.14. The Morgan fingerprint density at radius 2 is 2.22 bits per heavy atom. The molecule has 0 radical (unpaired) electrons. The Bertz CT molecular complexity index is 547. The zero-order valence-electron chi connectivity index (χ0n) is 9.47. The molecule has 0 saturated heterocycles. The molecular weight excluding hydrogens is 265 g/mol. The van der Waals surface area contributed by atoms with Crippen molar-refractivity contribution in [1.82, 2.24) is 9.71 Å². The topological polar surface area (TPSA) is 108 Å². The van der Waals surface area contributed by atoms with Gasteiger partial charge in [-0.25, -0.2) is 27.3 Å². The lowest BCUT2D eigenvalue weighted by Gasteiger charge is -2.07. The molecule has 0 unspecified atom stereocenters. The molecular formula is C9H12FN3O4S. The number of pyridine rings is 1. The van der Waals surface area contributed by atoms with Gasteiger partial charge in [-0.3, -0.25) is 0 Å². The first-order valence-corrected chi connectivity index (χ1v) is 6.55. The standard InChI is InChI=1S/C9H12FN3O4S/c1-11-18(16,17)5-4-13-8-7(10)6(9(14)15)2-3-12-8/h2-3,11H,4-5H2,1H3,(H,12,13)(H,14,15). The maximum atomic E-state index is 13.6. The maximum Gasteiger partial charge on any atom is 0.338 e. The lowest BCUT2D eigenvalue weighted by molar-refractivity contribution is 0.0692. The number of aromatic carboxylic acids is 1. The third-order valence-electron chi connectivity index (χ3n) is 2.09. The van der Waals surface area contributed by atoms with Gasteiger partial charge in [0.25, 0.3) is 0 Å². The summed E-state index contributed by atoms with van der Waals surface area (Å²) in [6.07, 6.45) is 1.13. The molecule has 0 atom stereocenters. The number of hydrogen-bond donors (Lipinski definition) is 3. The summed E-state index contributed by atoms with van der Waals surface area (Å²) >= 11 is 0. The molecule has 1 aromatic rings. The number of nitrogens with one attached hydrogen (secondary N) is 2. The van der Waals surface area contributed by atoms with E-state index in [1.54, 1.807) is 0 Å². The number of sulfonamides is 1. The molecule has 0 spiro atoms. The second-order valence-corrected chi connectivity index (χ2v) is 5.32. The average molecular weight is 277 g/mol. The van der Waals surface area contributed by atoms with E-state index < -0.39 is 27.4 Å². The van der Waals surface area contributed by atoms with E-state index in [9.17, 15) is 17.6 Å². The quantitative estimate of drug-likeness (QED) is 0.669. The highest BCUT2D eigenvalue weighted by Gasteiger charge is 2.15. The smallest absolute Gasteiger partial charge is 0.338 e. The molecule has 9 heteroatoms. The lowest BCUT2D eigenvalue weighted by Crippen LogP contribution is -2.26. The Morgan fingerprint density at radius 3 is 2.78 bits per heavy atom. The highest BCUT2D eigenvalue weighted by atomic mass is 32.2. The zero-order chi connectivity index (χ0) is 13.8. The summed E-state index contributed by atoms with van der Waals surface area (Å²) in [6, 6.07) is 1.02. The van der Waals surface area contributed by atoms with Gasteiger partial charge in [0.15, 0.2) is 11.6 Å². The number of carboxylic acid groups (broad SMARTS) is 1. The van der Waals surface area contributed by atoms with E-state index in [0.717, 1.165) is 12.3 Å². The molecule has 7 nitrogen and oxygen atoms in total. The predicted octanol–water partition coefficient (Wildman–Crippen LogP) is -0.120. The summed E-state index contributed by atoms with van der Waals surface area (Å²) in [4.78, 5) is 14.3. The van der Waals surface area contributed by atoms with Gasteiger partial charge in [-0.1, -0.05) is 0 Å². The van der Waals surface area contributed by atoms with E-state index >= 15 is 0 Å². The van der Waals surface area contributed by atoms with Crippen LogP contribution in [0.15, 0.2) is 12.3 Å². The average Bonchev–Trinajstić information content (AvgIpc) is 2.31. The molecule has 0 aliphatic carbocycles. The number of halogens is 1. The lowest BCUT2D eigenvalue weighted by atomic mass is 10.2. The fraction of sp³-hybridized carbons (Fsp3) is 0.333. The van der Waals surface area contributed by atoms with Crippen LogP contribution in [0.4, 0.5) is 10.2 Å². The first kappa shape index (κ1) is 14.3. The minimum atomic E-state index is -3.41. The van der Waals surface area contributed by atoms with Crippen molar-refractivity contribution in [1.29, 1.82) is 0 Å². The minimum Gasteiger partial charge on any atom is -0.478 e. The summed E-state index contributed by atoms with van der Waals surface area (Å²) in [5, 5.41) is 11.1. The number of anilines is 1. The van der Waals surface area contributed by atoms with Gasteiger partial charge in [-0.05, 0) is 13.1 Å². The van der Waals surface area contributed by atoms with E-state index in [-0.39, 0.29) is 18.1 Å². The van der Waals surface area contributed by atoms with Crippen molar-refractivity contribution in [2.45, 2.75) is 0 Å². The van der Waals surface area contributed by atoms with E-state index in [0.29, 0.717) is 0 Å². The molecule has 100 valence electrons. The molecule has 0 aromatic carbocycles. The number of carboxylic acids is 1. The fourth-order valence-corrected chi connectivity index (χ4v) is 1.71. The summed E-state index contributed by atoms with van der Waals surface area (Å²) in [5.41, 5.74) is -0.524. The van der Waals surface area contributed by atoms with Gasteiger partial charge in [0.1, 0.15) is 5.56 Å². The van der Waals surface area contributed by atoms with Gasteiger partial charge in [-0.2, -0.15) is 0 Å². The summed E-state index contributed by atoms with van der Waals surface area (Å²) in [7, 11) is -2.14. The summed E-state index contributed by atoms with van der Waals surface area (Å²) < 4.78 is 37.8. The van der Waals surface area contributed by atoms with E-state index in [2.05, 4.69) is 15.0 Å². The number of nitrogens with zero attached hydrogens (tertiary/aromatic N) is 1. The Kier molecular flexibility index (Phi) is 4.56. The van der Waals surface area contributed by atoms with Crippen LogP contribution in [0.1, 0.15) is 10.4 Å². The van der Waals surface area contributed by atoms with Crippen molar-refractivity contribution in [2.24, 2.45) is 0 Å². The highest BCUT2D eigenvalue weighted by Crippen LogP contribution is 2.14. The Morgan fingerprint density at radius 1 is 1.56 bits per heavy atom. The summed E-state index contributed by atoms with van der Waals surface area (Å²) in [5.74, 6) is -3.00. The molecule has 0 amide bonds. The normalized spacial score (nSPS) is 11.2.